The first kappa shape index (κ1) is 13.2. The van der Waals surface area contributed by atoms with Crippen LogP contribution in [0.1, 0.15) is 44.0 Å². The third kappa shape index (κ3) is 2.42. The number of aromatic nitrogens is 2. The largest absolute Gasteiger partial charge is 0.327 e. The van der Waals surface area contributed by atoms with Gasteiger partial charge in [-0.15, -0.1) is 0 Å². The smallest absolute Gasteiger partial charge is 0.323 e. The molecular weight excluding hydrogens is 250 g/mol. The number of hydrogen-bond acceptors (Lipinski definition) is 4. The molecule has 20 heavy (non-hydrogen) atoms. The van der Waals surface area contributed by atoms with E-state index in [9.17, 15) is 0 Å². The number of likely N-dealkylation sites (N-methyl/N-ethyl adjacent to an activating group) is 1. The van der Waals surface area contributed by atoms with Gasteiger partial charge in [-0.05, 0) is 18.4 Å². The van der Waals surface area contributed by atoms with Crippen molar-refractivity contribution in [2.75, 3.05) is 18.5 Å². The van der Waals surface area contributed by atoms with Gasteiger partial charge in [0.1, 0.15) is 0 Å². The Hall–Kier alpha value is -1.84. The van der Waals surface area contributed by atoms with Gasteiger partial charge >= 0.3 is 6.01 Å². The summed E-state index contributed by atoms with van der Waals surface area (Å²) in [7, 11) is 2.03. The lowest BCUT2D eigenvalue weighted by Crippen LogP contribution is -2.29. The Morgan fingerprint density at radius 2 is 1.95 bits per heavy atom. The quantitative estimate of drug-likeness (QED) is 0.836. The second-order valence-electron chi connectivity index (χ2n) is 6.09. The molecule has 1 aromatic carbocycles. The normalized spacial score (nSPS) is 16.4. The zero-order valence-corrected chi connectivity index (χ0v) is 12.3. The third-order valence-corrected chi connectivity index (χ3v) is 4.05. The minimum absolute atomic E-state index is 0.266. The Morgan fingerprint density at radius 1 is 1.25 bits per heavy atom. The van der Waals surface area contributed by atoms with Crippen molar-refractivity contribution >= 4 is 6.01 Å². The van der Waals surface area contributed by atoms with Crippen molar-refractivity contribution in [1.29, 1.82) is 0 Å². The Bertz CT molecular complexity index is 572. The first-order chi connectivity index (χ1) is 9.61. The summed E-state index contributed by atoms with van der Waals surface area (Å²) in [6.45, 7) is 5.07. The van der Waals surface area contributed by atoms with Gasteiger partial charge in [-0.25, -0.2) is 0 Å². The molecule has 0 N–H and O–H groups in total. The monoisotopic (exact) mass is 271 g/mol. The van der Waals surface area contributed by atoms with Gasteiger partial charge in [0, 0.05) is 24.9 Å². The van der Waals surface area contributed by atoms with Crippen LogP contribution in [0.4, 0.5) is 6.01 Å². The molecule has 0 saturated heterocycles. The van der Waals surface area contributed by atoms with Crippen molar-refractivity contribution in [2.24, 2.45) is 0 Å². The number of hydrogen-bond donors (Lipinski definition) is 0. The second-order valence-corrected chi connectivity index (χ2v) is 6.09. The standard InChI is InChI=1S/C16H21N3O/c1-12(2)14-17-15(20-18-14)19(3)11-16(9-10-16)13-7-5-4-6-8-13/h4-8,12H,9-11H2,1-3H3. The summed E-state index contributed by atoms with van der Waals surface area (Å²) < 4.78 is 5.36. The molecule has 1 fully saturated rings. The minimum atomic E-state index is 0.266. The number of anilines is 1. The predicted octanol–water partition coefficient (Wildman–Crippen LogP) is 3.36. The van der Waals surface area contributed by atoms with Crippen LogP contribution in [0, 0.1) is 0 Å². The summed E-state index contributed by atoms with van der Waals surface area (Å²) in [6.07, 6.45) is 2.46. The first-order valence-corrected chi connectivity index (χ1v) is 7.21. The lowest BCUT2D eigenvalue weighted by Gasteiger charge is -2.22. The summed E-state index contributed by atoms with van der Waals surface area (Å²) in [5, 5.41) is 4.03. The third-order valence-electron chi connectivity index (χ3n) is 4.05. The highest BCUT2D eigenvalue weighted by molar-refractivity contribution is 5.36. The molecule has 0 unspecified atom stereocenters. The van der Waals surface area contributed by atoms with Gasteiger partial charge in [0.05, 0.1) is 0 Å². The highest BCUT2D eigenvalue weighted by Crippen LogP contribution is 2.48. The number of nitrogens with zero attached hydrogens (tertiary/aromatic N) is 3. The molecule has 3 rings (SSSR count). The Labute approximate surface area is 119 Å². The molecule has 1 aromatic heterocycles. The molecule has 1 aliphatic rings. The fourth-order valence-electron chi connectivity index (χ4n) is 2.62. The van der Waals surface area contributed by atoms with E-state index in [-0.39, 0.29) is 5.41 Å². The first-order valence-electron chi connectivity index (χ1n) is 7.21. The maximum atomic E-state index is 5.36. The molecule has 1 saturated carbocycles. The van der Waals surface area contributed by atoms with E-state index in [1.54, 1.807) is 0 Å². The minimum Gasteiger partial charge on any atom is -0.327 e. The highest BCUT2D eigenvalue weighted by atomic mass is 16.5. The molecule has 1 aliphatic carbocycles. The molecule has 0 amide bonds. The van der Waals surface area contributed by atoms with Gasteiger partial charge in [-0.2, -0.15) is 4.98 Å². The molecule has 0 spiro atoms. The summed E-state index contributed by atoms with van der Waals surface area (Å²) in [5.41, 5.74) is 1.68. The van der Waals surface area contributed by atoms with Crippen LogP contribution in [-0.2, 0) is 5.41 Å². The zero-order valence-electron chi connectivity index (χ0n) is 12.3. The van der Waals surface area contributed by atoms with Crippen LogP contribution in [0.3, 0.4) is 0 Å². The lowest BCUT2D eigenvalue weighted by molar-refractivity contribution is 0.404. The van der Waals surface area contributed by atoms with Crippen LogP contribution in [0.25, 0.3) is 0 Å². The van der Waals surface area contributed by atoms with Crippen LogP contribution in [0.2, 0.25) is 0 Å². The summed E-state index contributed by atoms with van der Waals surface area (Å²) in [5.74, 6) is 1.07. The van der Waals surface area contributed by atoms with Gasteiger partial charge in [0.25, 0.3) is 0 Å². The van der Waals surface area contributed by atoms with Crippen LogP contribution in [0.15, 0.2) is 34.9 Å². The van der Waals surface area contributed by atoms with Gasteiger partial charge < -0.3 is 9.42 Å². The predicted molar refractivity (Wildman–Crippen MR) is 79.0 cm³/mol. The van der Waals surface area contributed by atoms with E-state index in [0.717, 1.165) is 12.4 Å². The molecule has 106 valence electrons. The zero-order chi connectivity index (χ0) is 14.2. The van der Waals surface area contributed by atoms with E-state index in [4.69, 9.17) is 4.52 Å². The topological polar surface area (TPSA) is 42.2 Å². The SMILES string of the molecule is CC(C)c1noc(N(C)CC2(c3ccccc3)CC2)n1. The van der Waals surface area contributed by atoms with Crippen LogP contribution in [0.5, 0.6) is 0 Å². The van der Waals surface area contributed by atoms with Crippen molar-refractivity contribution in [1.82, 2.24) is 10.1 Å². The van der Waals surface area contributed by atoms with Gasteiger partial charge in [-0.3, -0.25) is 0 Å². The average molecular weight is 271 g/mol. The van der Waals surface area contributed by atoms with Gasteiger partial charge in [-0.1, -0.05) is 49.3 Å². The van der Waals surface area contributed by atoms with Gasteiger partial charge in [0.15, 0.2) is 5.82 Å². The number of rotatable bonds is 5. The maximum absolute atomic E-state index is 5.36. The van der Waals surface area contributed by atoms with Crippen LogP contribution in [-0.4, -0.2) is 23.7 Å². The maximum Gasteiger partial charge on any atom is 0.323 e. The van der Waals surface area contributed by atoms with E-state index in [0.29, 0.717) is 11.9 Å². The van der Waals surface area contributed by atoms with Crippen LogP contribution < -0.4 is 4.90 Å². The Morgan fingerprint density at radius 3 is 2.50 bits per heavy atom. The fourth-order valence-corrected chi connectivity index (χ4v) is 2.62. The number of benzene rings is 1. The molecule has 4 heteroatoms. The Kier molecular flexibility index (Phi) is 3.24. The van der Waals surface area contributed by atoms with Crippen molar-refractivity contribution in [3.05, 3.63) is 41.7 Å². The highest BCUT2D eigenvalue weighted by Gasteiger charge is 2.45. The van der Waals surface area contributed by atoms with E-state index in [1.165, 1.54) is 18.4 Å². The lowest BCUT2D eigenvalue weighted by atomic mass is 9.96. The van der Waals surface area contributed by atoms with Crippen molar-refractivity contribution in [3.63, 3.8) is 0 Å². The molecule has 4 nitrogen and oxygen atoms in total. The van der Waals surface area contributed by atoms with E-state index < -0.39 is 0 Å². The second kappa shape index (κ2) is 4.93. The molecule has 0 bridgehead atoms. The fraction of sp³-hybridized carbons (Fsp3) is 0.500. The molecule has 1 heterocycles. The summed E-state index contributed by atoms with van der Waals surface area (Å²) in [6, 6.07) is 11.3. The van der Waals surface area contributed by atoms with E-state index >= 15 is 0 Å². The molecule has 0 atom stereocenters. The Balaban J connectivity index is 1.74. The summed E-state index contributed by atoms with van der Waals surface area (Å²) >= 11 is 0. The van der Waals surface area contributed by atoms with Crippen molar-refractivity contribution < 1.29 is 4.52 Å². The molecule has 0 radical (unpaired) electrons. The van der Waals surface area contributed by atoms with Crippen molar-refractivity contribution in [2.45, 2.75) is 38.0 Å². The van der Waals surface area contributed by atoms with Crippen LogP contribution >= 0.6 is 0 Å². The molecule has 0 aliphatic heterocycles. The molecule has 2 aromatic rings. The summed E-state index contributed by atoms with van der Waals surface area (Å²) in [4.78, 5) is 6.55. The van der Waals surface area contributed by atoms with Gasteiger partial charge in [0.2, 0.25) is 0 Å². The average Bonchev–Trinajstić information content (AvgIpc) is 3.05. The van der Waals surface area contributed by atoms with E-state index in [1.807, 2.05) is 7.05 Å². The molecular formula is C16H21N3O. The van der Waals surface area contributed by atoms with Crippen molar-refractivity contribution in [3.8, 4) is 0 Å². The van der Waals surface area contributed by atoms with E-state index in [2.05, 4.69) is 59.2 Å².